The number of nitrogens with zero attached hydrogens (tertiary/aromatic N) is 2. The molecule has 0 atom stereocenters. The summed E-state index contributed by atoms with van der Waals surface area (Å²) in [6, 6.07) is 9.20. The molecule has 26 heavy (non-hydrogen) atoms. The van der Waals surface area contributed by atoms with Crippen molar-refractivity contribution < 1.29 is 0 Å². The molecule has 1 aliphatic rings. The number of unbranched alkanes of at least 4 members (excludes halogenated alkanes) is 1. The molecule has 2 rings (SSSR count). The van der Waals surface area contributed by atoms with Gasteiger partial charge in [-0.1, -0.05) is 34.1 Å². The van der Waals surface area contributed by atoms with E-state index >= 15 is 0 Å². The molecule has 1 saturated carbocycles. The average Bonchev–Trinajstić information content (AvgIpc) is 3.38. The standard InChI is InChI=1S/C20H33BrN4.HI/c1-16(2)25(4)14-8-7-13-23-19(22-3)24-15-20(11-12-20)17-9-5-6-10-18(17)21;/h5-6,9-10,16H,7-8,11-15H2,1-4H3,(H2,22,23,24);1H. The summed E-state index contributed by atoms with van der Waals surface area (Å²) in [5.41, 5.74) is 1.67. The summed E-state index contributed by atoms with van der Waals surface area (Å²) in [5, 5.41) is 6.97. The fourth-order valence-corrected chi connectivity index (χ4v) is 3.71. The lowest BCUT2D eigenvalue weighted by atomic mass is 9.96. The zero-order valence-electron chi connectivity index (χ0n) is 16.5. The van der Waals surface area contributed by atoms with Crippen LogP contribution in [-0.4, -0.2) is 50.6 Å². The maximum atomic E-state index is 4.37. The van der Waals surface area contributed by atoms with Crippen LogP contribution in [-0.2, 0) is 5.41 Å². The third-order valence-electron chi connectivity index (χ3n) is 5.23. The third-order valence-corrected chi connectivity index (χ3v) is 5.92. The number of halogens is 2. The molecule has 1 aromatic rings. The van der Waals surface area contributed by atoms with Crippen LogP contribution < -0.4 is 10.6 Å². The quantitative estimate of drug-likeness (QED) is 0.213. The van der Waals surface area contributed by atoms with Gasteiger partial charge in [-0.05, 0) is 64.8 Å². The molecule has 1 aromatic carbocycles. The van der Waals surface area contributed by atoms with E-state index in [1.807, 2.05) is 7.05 Å². The highest BCUT2D eigenvalue weighted by molar-refractivity contribution is 14.0. The summed E-state index contributed by atoms with van der Waals surface area (Å²) in [7, 11) is 4.04. The largest absolute Gasteiger partial charge is 0.356 e. The van der Waals surface area contributed by atoms with Crippen molar-refractivity contribution in [2.45, 2.75) is 51.0 Å². The Hall–Kier alpha value is -0.340. The van der Waals surface area contributed by atoms with Crippen LogP contribution in [0, 0.1) is 0 Å². The summed E-state index contributed by atoms with van der Waals surface area (Å²) in [4.78, 5) is 6.76. The van der Waals surface area contributed by atoms with Gasteiger partial charge in [0.1, 0.15) is 0 Å². The SMILES string of the molecule is CN=C(NCCCCN(C)C(C)C)NCC1(c2ccccc2Br)CC1.I. The normalized spacial score (nSPS) is 15.7. The van der Waals surface area contributed by atoms with Crippen LogP contribution in [0.4, 0.5) is 0 Å². The molecule has 6 heteroatoms. The summed E-state index contributed by atoms with van der Waals surface area (Å²) >= 11 is 3.70. The van der Waals surface area contributed by atoms with Gasteiger partial charge in [-0.15, -0.1) is 24.0 Å². The molecule has 1 aliphatic carbocycles. The van der Waals surface area contributed by atoms with Gasteiger partial charge in [0.2, 0.25) is 0 Å². The highest BCUT2D eigenvalue weighted by atomic mass is 127. The van der Waals surface area contributed by atoms with E-state index in [0.717, 1.165) is 32.0 Å². The Morgan fingerprint density at radius 3 is 2.50 bits per heavy atom. The number of rotatable bonds is 9. The first-order valence-corrected chi connectivity index (χ1v) is 10.2. The number of benzene rings is 1. The predicted molar refractivity (Wildman–Crippen MR) is 127 cm³/mol. The van der Waals surface area contributed by atoms with Crippen LogP contribution in [0.5, 0.6) is 0 Å². The van der Waals surface area contributed by atoms with Gasteiger partial charge in [0.05, 0.1) is 0 Å². The molecule has 0 heterocycles. The summed E-state index contributed by atoms with van der Waals surface area (Å²) in [6.07, 6.45) is 4.84. The fourth-order valence-electron chi connectivity index (χ4n) is 3.01. The fraction of sp³-hybridized carbons (Fsp3) is 0.650. The van der Waals surface area contributed by atoms with E-state index in [0.29, 0.717) is 6.04 Å². The smallest absolute Gasteiger partial charge is 0.191 e. The minimum Gasteiger partial charge on any atom is -0.356 e. The van der Waals surface area contributed by atoms with Crippen LogP contribution in [0.1, 0.15) is 45.1 Å². The average molecular weight is 537 g/mol. The lowest BCUT2D eigenvalue weighted by Crippen LogP contribution is -2.41. The van der Waals surface area contributed by atoms with Gasteiger partial charge >= 0.3 is 0 Å². The molecule has 0 saturated heterocycles. The molecular formula is C20H34BrIN4. The second-order valence-electron chi connectivity index (χ2n) is 7.39. The lowest BCUT2D eigenvalue weighted by Gasteiger charge is -2.21. The highest BCUT2D eigenvalue weighted by Crippen LogP contribution is 2.49. The van der Waals surface area contributed by atoms with E-state index in [1.54, 1.807) is 0 Å². The van der Waals surface area contributed by atoms with Gasteiger partial charge in [-0.3, -0.25) is 4.99 Å². The monoisotopic (exact) mass is 536 g/mol. The van der Waals surface area contributed by atoms with E-state index in [1.165, 1.54) is 29.3 Å². The topological polar surface area (TPSA) is 39.7 Å². The zero-order valence-corrected chi connectivity index (χ0v) is 20.4. The minimum atomic E-state index is 0. The van der Waals surface area contributed by atoms with Crippen LogP contribution in [0.25, 0.3) is 0 Å². The Labute approximate surface area is 184 Å². The van der Waals surface area contributed by atoms with Crippen molar-refractivity contribution in [2.24, 2.45) is 4.99 Å². The van der Waals surface area contributed by atoms with E-state index in [-0.39, 0.29) is 29.4 Å². The third kappa shape index (κ3) is 7.00. The van der Waals surface area contributed by atoms with E-state index in [9.17, 15) is 0 Å². The van der Waals surface area contributed by atoms with E-state index in [4.69, 9.17) is 0 Å². The van der Waals surface area contributed by atoms with Crippen molar-refractivity contribution in [3.63, 3.8) is 0 Å². The highest BCUT2D eigenvalue weighted by Gasteiger charge is 2.45. The van der Waals surface area contributed by atoms with Crippen molar-refractivity contribution in [3.8, 4) is 0 Å². The summed E-state index contributed by atoms with van der Waals surface area (Å²) in [5.74, 6) is 0.913. The Balaban J connectivity index is 0.00000338. The first kappa shape index (κ1) is 23.7. The molecule has 0 amide bonds. The predicted octanol–water partition coefficient (Wildman–Crippen LogP) is 4.38. The molecule has 2 N–H and O–H groups in total. The molecule has 0 aromatic heterocycles. The molecule has 0 bridgehead atoms. The second kappa shape index (κ2) is 11.5. The first-order chi connectivity index (χ1) is 12.0. The van der Waals surface area contributed by atoms with Crippen molar-refractivity contribution in [1.82, 2.24) is 15.5 Å². The number of nitrogens with one attached hydrogen (secondary N) is 2. The number of guanidine groups is 1. The first-order valence-electron chi connectivity index (χ1n) is 9.38. The molecule has 0 spiro atoms. The maximum Gasteiger partial charge on any atom is 0.191 e. The van der Waals surface area contributed by atoms with Gasteiger partial charge in [0.25, 0.3) is 0 Å². The van der Waals surface area contributed by atoms with Crippen LogP contribution in [0.15, 0.2) is 33.7 Å². The lowest BCUT2D eigenvalue weighted by molar-refractivity contribution is 0.268. The molecule has 0 aliphatic heterocycles. The van der Waals surface area contributed by atoms with Crippen molar-refractivity contribution >= 4 is 45.9 Å². The number of aliphatic imine (C=N–C) groups is 1. The summed E-state index contributed by atoms with van der Waals surface area (Å²) < 4.78 is 1.21. The second-order valence-corrected chi connectivity index (χ2v) is 8.25. The van der Waals surface area contributed by atoms with Crippen LogP contribution in [0.3, 0.4) is 0 Å². The van der Waals surface area contributed by atoms with Crippen LogP contribution >= 0.6 is 39.9 Å². The maximum absolute atomic E-state index is 4.37. The van der Waals surface area contributed by atoms with Crippen molar-refractivity contribution in [3.05, 3.63) is 34.3 Å². The van der Waals surface area contributed by atoms with Gasteiger partial charge in [-0.2, -0.15) is 0 Å². The Kier molecular flexibility index (Phi) is 10.5. The zero-order chi connectivity index (χ0) is 18.3. The molecule has 0 unspecified atom stereocenters. The number of hydrogen-bond acceptors (Lipinski definition) is 2. The Bertz CT molecular complexity index is 573. The Morgan fingerprint density at radius 2 is 1.92 bits per heavy atom. The van der Waals surface area contributed by atoms with Crippen LogP contribution in [0.2, 0.25) is 0 Å². The van der Waals surface area contributed by atoms with Gasteiger partial charge in [0.15, 0.2) is 5.96 Å². The molecule has 4 nitrogen and oxygen atoms in total. The Morgan fingerprint density at radius 1 is 1.23 bits per heavy atom. The summed E-state index contributed by atoms with van der Waals surface area (Å²) in [6.45, 7) is 7.53. The van der Waals surface area contributed by atoms with E-state index < -0.39 is 0 Å². The molecule has 1 fully saturated rings. The van der Waals surface area contributed by atoms with Crippen molar-refractivity contribution in [1.29, 1.82) is 0 Å². The van der Waals surface area contributed by atoms with Gasteiger partial charge in [0, 0.05) is 36.1 Å². The molecule has 148 valence electrons. The van der Waals surface area contributed by atoms with E-state index in [2.05, 4.69) is 81.6 Å². The molecule has 0 radical (unpaired) electrons. The molecular weight excluding hydrogens is 503 g/mol. The van der Waals surface area contributed by atoms with Gasteiger partial charge < -0.3 is 15.5 Å². The number of hydrogen-bond donors (Lipinski definition) is 2. The minimum absolute atomic E-state index is 0. The van der Waals surface area contributed by atoms with Crippen molar-refractivity contribution in [2.75, 3.05) is 33.7 Å². The van der Waals surface area contributed by atoms with Gasteiger partial charge in [-0.25, -0.2) is 0 Å².